The smallest absolute Gasteiger partial charge is 0.223 e. The van der Waals surface area contributed by atoms with Gasteiger partial charge in [-0.05, 0) is 18.6 Å². The predicted molar refractivity (Wildman–Crippen MR) is 71.8 cm³/mol. The van der Waals surface area contributed by atoms with Gasteiger partial charge in [-0.3, -0.25) is 9.78 Å². The molecule has 2 heterocycles. The van der Waals surface area contributed by atoms with E-state index >= 15 is 0 Å². The summed E-state index contributed by atoms with van der Waals surface area (Å²) in [6.07, 6.45) is 3.48. The first-order valence-corrected chi connectivity index (χ1v) is 6.54. The number of hydrogen-bond acceptors (Lipinski definition) is 2. The first-order valence-electron chi connectivity index (χ1n) is 6.54. The molecular weight excluding hydrogens is 212 g/mol. The van der Waals surface area contributed by atoms with Crippen LogP contribution >= 0.6 is 0 Å². The van der Waals surface area contributed by atoms with Crippen LogP contribution in [0.4, 0.5) is 0 Å². The van der Waals surface area contributed by atoms with Crippen LogP contribution in [-0.2, 0) is 11.2 Å². The van der Waals surface area contributed by atoms with Gasteiger partial charge in [0.15, 0.2) is 0 Å². The lowest BCUT2D eigenvalue weighted by atomic mass is 10.0. The van der Waals surface area contributed by atoms with E-state index in [0.717, 1.165) is 25.1 Å². The molecule has 0 saturated carbocycles. The molecule has 2 rings (SSSR count). The number of carbonyl (C=O) groups is 1. The number of amides is 1. The molecule has 0 aromatic carbocycles. The van der Waals surface area contributed by atoms with E-state index in [1.54, 1.807) is 6.20 Å². The first-order chi connectivity index (χ1) is 8.36. The number of pyridine rings is 1. The number of aromatic nitrogens is 1. The topological polar surface area (TPSA) is 42.0 Å². The van der Waals surface area contributed by atoms with Crippen molar-refractivity contribution in [2.24, 2.45) is 5.92 Å². The van der Waals surface area contributed by atoms with Crippen molar-refractivity contribution in [1.29, 1.82) is 0 Å². The van der Waals surface area contributed by atoms with E-state index in [1.807, 2.05) is 45.9 Å². The largest absolute Gasteiger partial charge is 0.356 e. The van der Waals surface area contributed by atoms with Gasteiger partial charge in [0.1, 0.15) is 0 Å². The summed E-state index contributed by atoms with van der Waals surface area (Å²) in [6.45, 7) is 8.82. The standard InChI is InChI=1S/C10H12N2O.2C2H6/c13-10-8(4-6-12-10)7-9-3-1-2-5-11-9;2*1-2/h1-3,5,8H,4,6-7H2,(H,12,13);2*1-2H3. The summed E-state index contributed by atoms with van der Waals surface area (Å²) < 4.78 is 0. The fourth-order valence-electron chi connectivity index (χ4n) is 1.61. The number of hydrogen-bond donors (Lipinski definition) is 1. The predicted octanol–water partition coefficient (Wildman–Crippen LogP) is 2.81. The van der Waals surface area contributed by atoms with Crippen molar-refractivity contribution in [3.05, 3.63) is 30.1 Å². The Bertz CT molecular complexity index is 298. The minimum Gasteiger partial charge on any atom is -0.356 e. The Balaban J connectivity index is 0.000000581. The Morgan fingerprint density at radius 1 is 1.29 bits per heavy atom. The summed E-state index contributed by atoms with van der Waals surface area (Å²) in [5.41, 5.74) is 1.00. The van der Waals surface area contributed by atoms with Crippen molar-refractivity contribution in [2.75, 3.05) is 6.54 Å². The van der Waals surface area contributed by atoms with Crippen LogP contribution in [0.1, 0.15) is 39.8 Å². The second-order valence-corrected chi connectivity index (χ2v) is 3.30. The van der Waals surface area contributed by atoms with Crippen LogP contribution in [0.2, 0.25) is 0 Å². The summed E-state index contributed by atoms with van der Waals surface area (Å²) >= 11 is 0. The van der Waals surface area contributed by atoms with E-state index in [9.17, 15) is 4.79 Å². The zero-order chi connectivity index (χ0) is 13.1. The maximum atomic E-state index is 11.2. The van der Waals surface area contributed by atoms with Crippen molar-refractivity contribution in [1.82, 2.24) is 10.3 Å². The van der Waals surface area contributed by atoms with Crippen molar-refractivity contribution >= 4 is 5.91 Å². The molecule has 1 N–H and O–H groups in total. The molecule has 1 atom stereocenters. The van der Waals surface area contributed by atoms with E-state index < -0.39 is 0 Å². The van der Waals surface area contributed by atoms with Crippen LogP contribution in [0.5, 0.6) is 0 Å². The van der Waals surface area contributed by atoms with Gasteiger partial charge in [0.25, 0.3) is 0 Å². The van der Waals surface area contributed by atoms with Gasteiger partial charge in [0.2, 0.25) is 5.91 Å². The molecule has 0 radical (unpaired) electrons. The molecule has 1 unspecified atom stereocenters. The van der Waals surface area contributed by atoms with Crippen LogP contribution in [0.25, 0.3) is 0 Å². The molecule has 3 heteroatoms. The highest BCUT2D eigenvalue weighted by Gasteiger charge is 2.24. The molecule has 0 bridgehead atoms. The minimum absolute atomic E-state index is 0.134. The molecule has 0 aliphatic carbocycles. The van der Waals surface area contributed by atoms with E-state index in [2.05, 4.69) is 10.3 Å². The van der Waals surface area contributed by atoms with E-state index in [-0.39, 0.29) is 11.8 Å². The number of rotatable bonds is 2. The Morgan fingerprint density at radius 2 is 2.00 bits per heavy atom. The lowest BCUT2D eigenvalue weighted by Crippen LogP contribution is -2.20. The van der Waals surface area contributed by atoms with Gasteiger partial charge in [0.05, 0.1) is 0 Å². The number of nitrogens with zero attached hydrogens (tertiary/aromatic N) is 1. The molecule has 1 aliphatic rings. The fraction of sp³-hybridized carbons (Fsp3) is 0.571. The van der Waals surface area contributed by atoms with Gasteiger partial charge in [-0.25, -0.2) is 0 Å². The average molecular weight is 236 g/mol. The van der Waals surface area contributed by atoms with Gasteiger partial charge in [0, 0.05) is 30.8 Å². The number of carbonyl (C=O) groups excluding carboxylic acids is 1. The molecule has 1 aliphatic heterocycles. The van der Waals surface area contributed by atoms with Crippen molar-refractivity contribution in [3.8, 4) is 0 Å². The van der Waals surface area contributed by atoms with Crippen molar-refractivity contribution in [2.45, 2.75) is 40.5 Å². The third-order valence-corrected chi connectivity index (χ3v) is 2.34. The molecule has 1 saturated heterocycles. The number of nitrogens with one attached hydrogen (secondary N) is 1. The molecular formula is C14H24N2O. The summed E-state index contributed by atoms with van der Waals surface area (Å²) in [4.78, 5) is 15.4. The maximum Gasteiger partial charge on any atom is 0.223 e. The van der Waals surface area contributed by atoms with Crippen LogP contribution in [0.3, 0.4) is 0 Å². The molecule has 1 aromatic heterocycles. The summed E-state index contributed by atoms with van der Waals surface area (Å²) in [7, 11) is 0. The van der Waals surface area contributed by atoms with Crippen molar-refractivity contribution < 1.29 is 4.79 Å². The van der Waals surface area contributed by atoms with Gasteiger partial charge in [-0.2, -0.15) is 0 Å². The molecule has 3 nitrogen and oxygen atoms in total. The summed E-state index contributed by atoms with van der Waals surface area (Å²) in [5, 5.41) is 2.82. The van der Waals surface area contributed by atoms with Crippen LogP contribution < -0.4 is 5.32 Å². The van der Waals surface area contributed by atoms with Crippen LogP contribution in [-0.4, -0.2) is 17.4 Å². The summed E-state index contributed by atoms with van der Waals surface area (Å²) in [5.74, 6) is 0.306. The Labute approximate surface area is 105 Å². The lowest BCUT2D eigenvalue weighted by molar-refractivity contribution is -0.122. The molecule has 96 valence electrons. The monoisotopic (exact) mass is 236 g/mol. The minimum atomic E-state index is 0.134. The molecule has 1 fully saturated rings. The first kappa shape index (κ1) is 15.6. The quantitative estimate of drug-likeness (QED) is 0.858. The van der Waals surface area contributed by atoms with E-state index in [0.29, 0.717) is 0 Å². The zero-order valence-corrected chi connectivity index (χ0v) is 11.4. The third kappa shape index (κ3) is 5.48. The lowest BCUT2D eigenvalue weighted by Gasteiger charge is -2.04. The maximum absolute atomic E-state index is 11.2. The Hall–Kier alpha value is -1.38. The van der Waals surface area contributed by atoms with Gasteiger partial charge >= 0.3 is 0 Å². The molecule has 1 amide bonds. The molecule has 17 heavy (non-hydrogen) atoms. The van der Waals surface area contributed by atoms with E-state index in [1.165, 1.54) is 0 Å². The van der Waals surface area contributed by atoms with Crippen molar-refractivity contribution in [3.63, 3.8) is 0 Å². The molecule has 0 spiro atoms. The highest BCUT2D eigenvalue weighted by atomic mass is 16.2. The Kier molecular flexibility index (Phi) is 9.02. The van der Waals surface area contributed by atoms with E-state index in [4.69, 9.17) is 0 Å². The van der Waals surface area contributed by atoms with Gasteiger partial charge in [-0.15, -0.1) is 0 Å². The highest BCUT2D eigenvalue weighted by molar-refractivity contribution is 5.80. The fourth-order valence-corrected chi connectivity index (χ4v) is 1.61. The van der Waals surface area contributed by atoms with Crippen LogP contribution in [0.15, 0.2) is 24.4 Å². The Morgan fingerprint density at radius 3 is 2.47 bits per heavy atom. The molecule has 1 aromatic rings. The van der Waals surface area contributed by atoms with Gasteiger partial charge < -0.3 is 5.32 Å². The second-order valence-electron chi connectivity index (χ2n) is 3.30. The van der Waals surface area contributed by atoms with Crippen LogP contribution in [0, 0.1) is 5.92 Å². The second kappa shape index (κ2) is 9.82. The highest BCUT2D eigenvalue weighted by Crippen LogP contribution is 2.14. The van der Waals surface area contributed by atoms with Gasteiger partial charge in [-0.1, -0.05) is 33.8 Å². The third-order valence-electron chi connectivity index (χ3n) is 2.34. The normalized spacial score (nSPS) is 17.2. The average Bonchev–Trinajstić information content (AvgIpc) is 2.81. The summed E-state index contributed by atoms with van der Waals surface area (Å²) in [6, 6.07) is 5.80. The zero-order valence-electron chi connectivity index (χ0n) is 11.4. The SMILES string of the molecule is CC.CC.O=C1NCCC1Cc1ccccn1.